The Balaban J connectivity index is 1.57. The number of likely N-dealkylation sites (tertiary alicyclic amines) is 1. The van der Waals surface area contributed by atoms with Crippen molar-refractivity contribution >= 4 is 23.1 Å². The van der Waals surface area contributed by atoms with Crippen molar-refractivity contribution in [2.45, 2.75) is 51.7 Å². The van der Waals surface area contributed by atoms with E-state index in [0.717, 1.165) is 48.4 Å². The molecule has 1 aromatic carbocycles. The normalized spacial score (nSPS) is 15.3. The van der Waals surface area contributed by atoms with Gasteiger partial charge in [-0.2, -0.15) is 5.10 Å². The van der Waals surface area contributed by atoms with Crippen LogP contribution in [0, 0.1) is 0 Å². The van der Waals surface area contributed by atoms with Gasteiger partial charge in [-0.25, -0.2) is 14.3 Å². The highest BCUT2D eigenvalue weighted by Crippen LogP contribution is 2.36. The van der Waals surface area contributed by atoms with Crippen molar-refractivity contribution in [1.29, 1.82) is 0 Å². The molecule has 0 saturated carbocycles. The summed E-state index contributed by atoms with van der Waals surface area (Å²) in [5.41, 5.74) is 9.89. The summed E-state index contributed by atoms with van der Waals surface area (Å²) in [4.78, 5) is 21.4. The van der Waals surface area contributed by atoms with E-state index in [4.69, 9.17) is 15.2 Å². The summed E-state index contributed by atoms with van der Waals surface area (Å²) in [5, 5.41) is 7.28. The van der Waals surface area contributed by atoms with E-state index in [9.17, 15) is 4.79 Å². The molecule has 0 unspecified atom stereocenters. The molecule has 1 fully saturated rings. The third-order valence-corrected chi connectivity index (χ3v) is 6.78. The Bertz CT molecular complexity index is 1240. The van der Waals surface area contributed by atoms with Crippen molar-refractivity contribution in [3.63, 3.8) is 0 Å². The van der Waals surface area contributed by atoms with Crippen LogP contribution in [0.25, 0.3) is 16.6 Å². The van der Waals surface area contributed by atoms with Gasteiger partial charge in [-0.15, -0.1) is 0 Å². The number of benzene rings is 1. The second-order valence-electron chi connectivity index (χ2n) is 10.8. The van der Waals surface area contributed by atoms with Crippen LogP contribution < -0.4 is 15.8 Å². The number of nitrogens with one attached hydrogen (secondary N) is 1. The van der Waals surface area contributed by atoms with Crippen LogP contribution in [0.4, 0.5) is 16.3 Å². The van der Waals surface area contributed by atoms with E-state index in [2.05, 4.69) is 45.4 Å². The van der Waals surface area contributed by atoms with E-state index >= 15 is 0 Å². The molecule has 1 aliphatic heterocycles. The fraction of sp³-hybridized carbons (Fsp3) is 0.519. The lowest BCUT2D eigenvalue weighted by molar-refractivity contribution is 0.0635. The Morgan fingerprint density at radius 2 is 1.95 bits per heavy atom. The van der Waals surface area contributed by atoms with Crippen molar-refractivity contribution in [1.82, 2.24) is 24.4 Å². The van der Waals surface area contributed by atoms with Gasteiger partial charge >= 0.3 is 6.09 Å². The highest BCUT2D eigenvalue weighted by Gasteiger charge is 2.22. The number of nitrogens with zero attached hydrogens (tertiary/aromatic N) is 5. The second kappa shape index (κ2) is 10.9. The molecule has 3 aromatic rings. The first kappa shape index (κ1) is 26.7. The molecule has 1 aliphatic rings. The Kier molecular flexibility index (Phi) is 7.89. The van der Waals surface area contributed by atoms with Crippen LogP contribution in [-0.2, 0) is 11.2 Å². The van der Waals surface area contributed by atoms with Crippen molar-refractivity contribution in [3.05, 3.63) is 36.3 Å². The molecule has 37 heavy (non-hydrogen) atoms. The van der Waals surface area contributed by atoms with Gasteiger partial charge in [0.05, 0.1) is 12.8 Å². The van der Waals surface area contributed by atoms with Crippen molar-refractivity contribution in [3.8, 4) is 16.9 Å². The minimum absolute atomic E-state index is 0.415. The average Bonchev–Trinajstić information content (AvgIpc) is 3.22. The van der Waals surface area contributed by atoms with E-state index < -0.39 is 11.7 Å². The molecule has 2 aromatic heterocycles. The van der Waals surface area contributed by atoms with Gasteiger partial charge in [-0.05, 0) is 84.6 Å². The topological polar surface area (TPSA) is 110 Å². The molecule has 0 bridgehead atoms. The molecule has 200 valence electrons. The Hall–Kier alpha value is -3.37. The highest BCUT2D eigenvalue weighted by atomic mass is 16.6. The Morgan fingerprint density at radius 1 is 1.22 bits per heavy atom. The molecule has 0 atom stereocenters. The number of hydrogen-bond acceptors (Lipinski definition) is 8. The SMILES string of the molecule is COc1cc(-c2cc(CCN3CCC(N(C)C)CC3)n3ncnc(N)c23)ccc1NC(=O)OC(C)(C)C. The number of rotatable bonds is 7. The van der Waals surface area contributed by atoms with Crippen LogP contribution in [0.2, 0.25) is 0 Å². The Labute approximate surface area is 218 Å². The van der Waals surface area contributed by atoms with E-state index in [1.54, 1.807) is 13.2 Å². The monoisotopic (exact) mass is 509 g/mol. The number of amides is 1. The van der Waals surface area contributed by atoms with Gasteiger partial charge in [0.2, 0.25) is 0 Å². The predicted molar refractivity (Wildman–Crippen MR) is 146 cm³/mol. The summed E-state index contributed by atoms with van der Waals surface area (Å²) < 4.78 is 12.9. The van der Waals surface area contributed by atoms with E-state index in [-0.39, 0.29) is 0 Å². The van der Waals surface area contributed by atoms with Gasteiger partial charge in [0.1, 0.15) is 23.2 Å². The molecule has 10 nitrogen and oxygen atoms in total. The van der Waals surface area contributed by atoms with Gasteiger partial charge in [0.25, 0.3) is 0 Å². The molecule has 0 spiro atoms. The fourth-order valence-corrected chi connectivity index (χ4v) is 4.84. The van der Waals surface area contributed by atoms with E-state index in [1.165, 1.54) is 19.2 Å². The van der Waals surface area contributed by atoms with Gasteiger partial charge in [0.15, 0.2) is 5.82 Å². The van der Waals surface area contributed by atoms with Crippen LogP contribution >= 0.6 is 0 Å². The standard InChI is InChI=1S/C27H39N7O3/c1-27(2,3)37-26(35)31-22-8-7-18(15-23(22)36-6)21-16-20(34-24(21)25(28)29-17-30-34)11-14-33-12-9-19(10-13-33)32(4)5/h7-8,15-17,19H,9-14H2,1-6H3,(H,31,35)(H2,28,29,30). The van der Waals surface area contributed by atoms with Gasteiger partial charge in [0, 0.05) is 30.3 Å². The number of carbonyl (C=O) groups excluding carboxylic acids is 1. The number of piperidine rings is 1. The van der Waals surface area contributed by atoms with Crippen LogP contribution in [0.15, 0.2) is 30.6 Å². The van der Waals surface area contributed by atoms with Crippen molar-refractivity contribution in [2.24, 2.45) is 0 Å². The van der Waals surface area contributed by atoms with Crippen LogP contribution in [0.3, 0.4) is 0 Å². The van der Waals surface area contributed by atoms with E-state index in [0.29, 0.717) is 23.3 Å². The summed E-state index contributed by atoms with van der Waals surface area (Å²) >= 11 is 0. The molecule has 1 saturated heterocycles. The zero-order valence-electron chi connectivity index (χ0n) is 22.7. The molecule has 10 heteroatoms. The van der Waals surface area contributed by atoms with E-state index in [1.807, 2.05) is 37.4 Å². The molecular weight excluding hydrogens is 470 g/mol. The Morgan fingerprint density at radius 3 is 2.59 bits per heavy atom. The summed E-state index contributed by atoms with van der Waals surface area (Å²) in [7, 11) is 5.89. The minimum Gasteiger partial charge on any atom is -0.495 e. The van der Waals surface area contributed by atoms with Gasteiger partial charge in [-0.3, -0.25) is 5.32 Å². The third-order valence-electron chi connectivity index (χ3n) is 6.78. The van der Waals surface area contributed by atoms with Crippen LogP contribution in [-0.4, -0.2) is 83.0 Å². The fourth-order valence-electron chi connectivity index (χ4n) is 4.84. The number of methoxy groups -OCH3 is 1. The number of carbonyl (C=O) groups is 1. The zero-order valence-corrected chi connectivity index (χ0v) is 22.7. The lowest BCUT2D eigenvalue weighted by Gasteiger charge is -2.35. The smallest absolute Gasteiger partial charge is 0.412 e. The van der Waals surface area contributed by atoms with Crippen LogP contribution in [0.1, 0.15) is 39.3 Å². The van der Waals surface area contributed by atoms with Crippen LogP contribution in [0.5, 0.6) is 5.75 Å². The quantitative estimate of drug-likeness (QED) is 0.493. The van der Waals surface area contributed by atoms with Gasteiger partial charge in [-0.1, -0.05) is 6.07 Å². The lowest BCUT2D eigenvalue weighted by Crippen LogP contribution is -2.42. The summed E-state index contributed by atoms with van der Waals surface area (Å²) in [6.45, 7) is 8.61. The van der Waals surface area contributed by atoms with Gasteiger partial charge < -0.3 is 25.0 Å². The predicted octanol–water partition coefficient (Wildman–Crippen LogP) is 3.90. The first-order valence-electron chi connectivity index (χ1n) is 12.7. The molecule has 3 N–H and O–H groups in total. The number of ether oxygens (including phenoxy) is 2. The highest BCUT2D eigenvalue weighted by molar-refractivity contribution is 5.92. The summed E-state index contributed by atoms with van der Waals surface area (Å²) in [6, 6.07) is 8.39. The summed E-state index contributed by atoms with van der Waals surface area (Å²) in [5.74, 6) is 0.932. The van der Waals surface area contributed by atoms with Crippen molar-refractivity contribution in [2.75, 3.05) is 51.9 Å². The lowest BCUT2D eigenvalue weighted by atomic mass is 10.0. The molecule has 1 amide bonds. The molecule has 0 aliphatic carbocycles. The minimum atomic E-state index is -0.598. The third kappa shape index (κ3) is 6.31. The summed E-state index contributed by atoms with van der Waals surface area (Å²) in [6.07, 6.45) is 4.17. The maximum atomic E-state index is 12.3. The molecular formula is C27H39N7O3. The second-order valence-corrected chi connectivity index (χ2v) is 10.8. The first-order chi connectivity index (χ1) is 17.6. The number of nitrogen functional groups attached to an aromatic ring is 1. The van der Waals surface area contributed by atoms with Crippen molar-refractivity contribution < 1.29 is 14.3 Å². The zero-order chi connectivity index (χ0) is 26.7. The number of fused-ring (bicyclic) bond motifs is 1. The number of nitrogens with two attached hydrogens (primary N) is 1. The molecule has 3 heterocycles. The number of hydrogen-bond donors (Lipinski definition) is 2. The maximum absolute atomic E-state index is 12.3. The number of aromatic nitrogens is 3. The maximum Gasteiger partial charge on any atom is 0.412 e. The average molecular weight is 510 g/mol. The largest absolute Gasteiger partial charge is 0.495 e. The number of anilines is 2. The molecule has 0 radical (unpaired) electrons. The first-order valence-corrected chi connectivity index (χ1v) is 12.7. The molecule has 4 rings (SSSR count).